The smallest absolute Gasteiger partial charge is 0.357 e. The van der Waals surface area contributed by atoms with Gasteiger partial charge >= 0.3 is 27.2 Å². The molecule has 1 N–H and O–H groups in total. The summed E-state index contributed by atoms with van der Waals surface area (Å²) >= 11 is -0.270. The molecule has 0 saturated carbocycles. The first kappa shape index (κ1) is 12.9. The molecule has 0 amide bonds. The van der Waals surface area contributed by atoms with Crippen molar-refractivity contribution in [3.05, 3.63) is 61.2 Å². The summed E-state index contributed by atoms with van der Waals surface area (Å²) in [4.78, 5) is 10.7. The van der Waals surface area contributed by atoms with Crippen molar-refractivity contribution < 1.29 is 35.8 Å². The van der Waals surface area contributed by atoms with Gasteiger partial charge < -0.3 is 9.84 Å². The molecule has 0 aliphatic rings. The Morgan fingerprint density at radius 3 is 1.94 bits per heavy atom. The van der Waals surface area contributed by atoms with Crippen molar-refractivity contribution in [3.63, 3.8) is 0 Å². The first-order valence-electron chi connectivity index (χ1n) is 5.31. The lowest BCUT2D eigenvalue weighted by Gasteiger charge is -1.96. The summed E-state index contributed by atoms with van der Waals surface area (Å²) in [6.07, 6.45) is 0. The predicted molar refractivity (Wildman–Crippen MR) is 63.8 cm³/mol. The van der Waals surface area contributed by atoms with Crippen LogP contribution in [-0.4, -0.2) is 18.2 Å². The summed E-state index contributed by atoms with van der Waals surface area (Å²) in [6.45, 7) is 0. The van der Waals surface area contributed by atoms with Crippen molar-refractivity contribution in [2.75, 3.05) is 7.11 Å². The van der Waals surface area contributed by atoms with Gasteiger partial charge in [-0.25, -0.2) is 4.79 Å². The number of benzene rings is 2. The van der Waals surface area contributed by atoms with Gasteiger partial charge in [-0.3, -0.25) is 0 Å². The molecule has 2 aromatic rings. The molecule has 0 spiro atoms. The molecular formula is C14H12IO3+. The Balaban J connectivity index is 2.10. The first-order valence-corrected chi connectivity index (χ1v) is 7.47. The van der Waals surface area contributed by atoms with Crippen LogP contribution in [0.25, 0.3) is 0 Å². The summed E-state index contributed by atoms with van der Waals surface area (Å²) in [5.41, 5.74) is 0.331. The maximum absolute atomic E-state index is 10.7. The molecule has 0 aliphatic carbocycles. The second-order valence-corrected chi connectivity index (χ2v) is 6.60. The number of carboxylic acid groups (broad SMARTS) is 1. The molecule has 0 radical (unpaired) electrons. The van der Waals surface area contributed by atoms with E-state index in [1.54, 1.807) is 19.2 Å². The van der Waals surface area contributed by atoms with E-state index in [1.165, 1.54) is 7.14 Å². The minimum Gasteiger partial charge on any atom is -0.497 e. The average Bonchev–Trinajstić information content (AvgIpc) is 2.40. The molecule has 18 heavy (non-hydrogen) atoms. The third kappa shape index (κ3) is 3.22. The van der Waals surface area contributed by atoms with E-state index in [9.17, 15) is 4.79 Å². The lowest BCUT2D eigenvalue weighted by atomic mass is 10.2. The van der Waals surface area contributed by atoms with Crippen LogP contribution in [0.1, 0.15) is 10.4 Å². The molecule has 3 nitrogen and oxygen atoms in total. The predicted octanol–water partition coefficient (Wildman–Crippen LogP) is -0.478. The molecule has 0 saturated heterocycles. The van der Waals surface area contributed by atoms with Gasteiger partial charge in [0.1, 0.15) is 5.75 Å². The van der Waals surface area contributed by atoms with Crippen molar-refractivity contribution in [1.29, 1.82) is 0 Å². The molecule has 2 rings (SSSR count). The van der Waals surface area contributed by atoms with Crippen LogP contribution in [-0.2, 0) is 0 Å². The third-order valence-electron chi connectivity index (χ3n) is 2.36. The van der Waals surface area contributed by atoms with Crippen LogP contribution in [0.2, 0.25) is 0 Å². The Hall–Kier alpha value is -1.56. The minimum absolute atomic E-state index is 0.270. The fraction of sp³-hybridized carbons (Fsp3) is 0.0714. The molecule has 0 bridgehead atoms. The van der Waals surface area contributed by atoms with Gasteiger partial charge in [0.15, 0.2) is 7.14 Å². The fourth-order valence-electron chi connectivity index (χ4n) is 1.42. The Morgan fingerprint density at radius 1 is 1.00 bits per heavy atom. The van der Waals surface area contributed by atoms with Gasteiger partial charge in [-0.15, -0.1) is 0 Å². The molecular weight excluding hydrogens is 343 g/mol. The Morgan fingerprint density at radius 2 is 1.50 bits per heavy atom. The number of ether oxygens (including phenoxy) is 1. The molecule has 4 heteroatoms. The van der Waals surface area contributed by atoms with Gasteiger partial charge in [0.25, 0.3) is 0 Å². The van der Waals surface area contributed by atoms with Gasteiger partial charge in [-0.2, -0.15) is 0 Å². The van der Waals surface area contributed by atoms with E-state index in [0.29, 0.717) is 5.56 Å². The zero-order valence-corrected chi connectivity index (χ0v) is 11.9. The molecule has 0 unspecified atom stereocenters. The van der Waals surface area contributed by atoms with E-state index in [-0.39, 0.29) is 21.2 Å². The lowest BCUT2D eigenvalue weighted by molar-refractivity contribution is -0.597. The van der Waals surface area contributed by atoms with Crippen molar-refractivity contribution in [2.24, 2.45) is 0 Å². The molecule has 0 heterocycles. The van der Waals surface area contributed by atoms with Gasteiger partial charge in [0, 0.05) is 0 Å². The van der Waals surface area contributed by atoms with Crippen LogP contribution in [0.4, 0.5) is 0 Å². The Bertz CT molecular complexity index is 532. The molecule has 2 aromatic carbocycles. The second kappa shape index (κ2) is 5.86. The van der Waals surface area contributed by atoms with Crippen molar-refractivity contribution in [3.8, 4) is 5.75 Å². The number of hydrogen-bond acceptors (Lipinski definition) is 2. The molecule has 0 aromatic heterocycles. The highest BCUT2D eigenvalue weighted by Crippen LogP contribution is 2.06. The first-order chi connectivity index (χ1) is 8.69. The summed E-state index contributed by atoms with van der Waals surface area (Å²) in [5.74, 6) is -0.0341. The monoisotopic (exact) mass is 355 g/mol. The largest absolute Gasteiger partial charge is 0.497 e. The average molecular weight is 355 g/mol. The second-order valence-electron chi connectivity index (χ2n) is 3.56. The zero-order valence-electron chi connectivity index (χ0n) is 9.76. The lowest BCUT2D eigenvalue weighted by Crippen LogP contribution is -3.61. The third-order valence-corrected chi connectivity index (χ3v) is 5.04. The number of aromatic carboxylic acids is 1. The normalized spacial score (nSPS) is 10.1. The van der Waals surface area contributed by atoms with Crippen LogP contribution < -0.4 is 25.9 Å². The summed E-state index contributed by atoms with van der Waals surface area (Å²) in [5, 5.41) is 8.82. The maximum atomic E-state index is 10.7. The van der Waals surface area contributed by atoms with E-state index in [0.717, 1.165) is 5.75 Å². The standard InChI is InChI=1S/C14H11IO3/c1-18-13-8-6-12(7-9-13)15-11-4-2-10(3-5-11)14(16)17/h2-9H,1H3/p+1. The number of methoxy groups -OCH3 is 1. The van der Waals surface area contributed by atoms with E-state index in [1.807, 2.05) is 24.3 Å². The van der Waals surface area contributed by atoms with E-state index >= 15 is 0 Å². The van der Waals surface area contributed by atoms with Crippen molar-refractivity contribution in [2.45, 2.75) is 0 Å². The van der Waals surface area contributed by atoms with Gasteiger partial charge in [0.2, 0.25) is 0 Å². The van der Waals surface area contributed by atoms with E-state index < -0.39 is 5.97 Å². The molecule has 0 aliphatic heterocycles. The maximum Gasteiger partial charge on any atom is 0.357 e. The number of rotatable bonds is 4. The highest BCUT2D eigenvalue weighted by Gasteiger charge is 2.15. The number of carboxylic acids is 1. The van der Waals surface area contributed by atoms with Crippen molar-refractivity contribution >= 4 is 5.97 Å². The topological polar surface area (TPSA) is 46.5 Å². The highest BCUT2D eigenvalue weighted by molar-refractivity contribution is 5.87. The van der Waals surface area contributed by atoms with Crippen LogP contribution in [0.5, 0.6) is 5.75 Å². The summed E-state index contributed by atoms with van der Waals surface area (Å²) in [7, 11) is 1.65. The highest BCUT2D eigenvalue weighted by atomic mass is 127. The summed E-state index contributed by atoms with van der Waals surface area (Å²) < 4.78 is 7.58. The quantitative estimate of drug-likeness (QED) is 0.754. The Labute approximate surface area is 116 Å². The fourth-order valence-corrected chi connectivity index (χ4v) is 3.57. The van der Waals surface area contributed by atoms with Crippen molar-refractivity contribution in [1.82, 2.24) is 0 Å². The number of hydrogen-bond donors (Lipinski definition) is 1. The van der Waals surface area contributed by atoms with Crippen LogP contribution in [0.3, 0.4) is 0 Å². The van der Waals surface area contributed by atoms with Gasteiger partial charge in [-0.05, 0) is 48.5 Å². The molecule has 0 fully saturated rings. The molecule has 0 atom stereocenters. The van der Waals surface area contributed by atoms with Gasteiger partial charge in [0.05, 0.1) is 12.7 Å². The molecule has 92 valence electrons. The van der Waals surface area contributed by atoms with E-state index in [2.05, 4.69) is 12.1 Å². The van der Waals surface area contributed by atoms with Crippen LogP contribution in [0, 0.1) is 7.14 Å². The van der Waals surface area contributed by atoms with Crippen LogP contribution >= 0.6 is 0 Å². The summed E-state index contributed by atoms with van der Waals surface area (Å²) in [6, 6.07) is 15.1. The number of carbonyl (C=O) groups is 1. The van der Waals surface area contributed by atoms with Gasteiger partial charge in [-0.1, -0.05) is 0 Å². The Kier molecular flexibility index (Phi) is 4.19. The minimum atomic E-state index is -0.885. The van der Waals surface area contributed by atoms with E-state index in [4.69, 9.17) is 9.84 Å². The zero-order chi connectivity index (χ0) is 13.0. The SMILES string of the molecule is COc1ccc([I+]c2ccc(C(=O)O)cc2)cc1. The van der Waals surface area contributed by atoms with Crippen LogP contribution in [0.15, 0.2) is 48.5 Å². The number of halogens is 1.